The molecule has 0 aromatic heterocycles. The average molecular weight is 332 g/mol. The number of rotatable bonds is 6. The molecule has 0 radical (unpaired) electrons. The maximum atomic E-state index is 10.9. The number of aliphatic carboxylic acids is 1. The lowest BCUT2D eigenvalue weighted by Crippen LogP contribution is -2.26. The fourth-order valence-corrected chi connectivity index (χ4v) is 1.77. The Kier molecular flexibility index (Phi) is 4.88. The minimum absolute atomic E-state index is 0.0861. The van der Waals surface area contributed by atoms with Gasteiger partial charge in [-0.05, 0) is 42.3 Å². The number of benzene rings is 1. The molecule has 0 fully saturated rings. The van der Waals surface area contributed by atoms with Crippen LogP contribution in [0.4, 0.5) is 5.69 Å². The molecule has 1 aromatic carbocycles. The summed E-state index contributed by atoms with van der Waals surface area (Å²) in [5.41, 5.74) is -1.08. The lowest BCUT2D eigenvalue weighted by Gasteiger charge is -2.19. The van der Waals surface area contributed by atoms with Crippen LogP contribution >= 0.6 is 15.9 Å². The van der Waals surface area contributed by atoms with Gasteiger partial charge in [0.05, 0.1) is 21.4 Å². The molecule has 7 heteroatoms. The number of para-hydroxylation sites is 1. The van der Waals surface area contributed by atoms with Gasteiger partial charge in [-0.25, -0.2) is 0 Å². The Bertz CT molecular complexity index is 501. The van der Waals surface area contributed by atoms with Gasteiger partial charge in [-0.3, -0.25) is 14.9 Å². The molecular weight excluding hydrogens is 318 g/mol. The Morgan fingerprint density at radius 3 is 2.68 bits per heavy atom. The molecule has 0 aliphatic carbocycles. The lowest BCUT2D eigenvalue weighted by molar-refractivity contribution is -0.386. The molecule has 0 aliphatic rings. The zero-order valence-electron chi connectivity index (χ0n) is 10.6. The van der Waals surface area contributed by atoms with Crippen molar-refractivity contribution in [1.29, 1.82) is 0 Å². The number of nitrogens with zero attached hydrogens (tertiary/aromatic N) is 1. The zero-order chi connectivity index (χ0) is 14.6. The van der Waals surface area contributed by atoms with Gasteiger partial charge in [0, 0.05) is 6.07 Å². The van der Waals surface area contributed by atoms with Crippen LogP contribution in [0, 0.1) is 15.5 Å². The van der Waals surface area contributed by atoms with Crippen molar-refractivity contribution in [3.8, 4) is 5.75 Å². The van der Waals surface area contributed by atoms with Gasteiger partial charge in [-0.15, -0.1) is 0 Å². The van der Waals surface area contributed by atoms with E-state index in [2.05, 4.69) is 15.9 Å². The summed E-state index contributed by atoms with van der Waals surface area (Å²) in [6.45, 7) is 3.24. The van der Waals surface area contributed by atoms with Crippen molar-refractivity contribution >= 4 is 27.6 Å². The number of halogens is 1. The smallest absolute Gasteiger partial charge is 0.312 e. The van der Waals surface area contributed by atoms with E-state index in [-0.39, 0.29) is 24.5 Å². The first kappa shape index (κ1) is 15.4. The van der Waals surface area contributed by atoms with Gasteiger partial charge in [0.15, 0.2) is 0 Å². The SMILES string of the molecule is CC(C)(CCOc1c(Br)cccc1[N+](=O)[O-])C(=O)O. The molecule has 19 heavy (non-hydrogen) atoms. The maximum Gasteiger partial charge on any atom is 0.312 e. The van der Waals surface area contributed by atoms with Gasteiger partial charge in [0.25, 0.3) is 0 Å². The normalized spacial score (nSPS) is 11.1. The Balaban J connectivity index is 2.79. The van der Waals surface area contributed by atoms with Gasteiger partial charge in [0.2, 0.25) is 5.75 Å². The van der Waals surface area contributed by atoms with Crippen molar-refractivity contribution in [3.63, 3.8) is 0 Å². The zero-order valence-corrected chi connectivity index (χ0v) is 12.1. The second-order valence-corrected chi connectivity index (χ2v) is 5.49. The van der Waals surface area contributed by atoms with Crippen LogP contribution in [0.1, 0.15) is 20.3 Å². The molecule has 1 N–H and O–H groups in total. The van der Waals surface area contributed by atoms with E-state index in [9.17, 15) is 14.9 Å². The van der Waals surface area contributed by atoms with Gasteiger partial charge < -0.3 is 9.84 Å². The van der Waals surface area contributed by atoms with Crippen LogP contribution in [-0.2, 0) is 4.79 Å². The summed E-state index contributed by atoms with van der Waals surface area (Å²) >= 11 is 3.18. The van der Waals surface area contributed by atoms with Crippen molar-refractivity contribution in [2.45, 2.75) is 20.3 Å². The first-order valence-corrected chi connectivity index (χ1v) is 6.34. The van der Waals surface area contributed by atoms with Crippen LogP contribution < -0.4 is 4.74 Å². The van der Waals surface area contributed by atoms with Crippen molar-refractivity contribution in [3.05, 3.63) is 32.8 Å². The van der Waals surface area contributed by atoms with Gasteiger partial charge >= 0.3 is 11.7 Å². The molecule has 0 heterocycles. The van der Waals surface area contributed by atoms with E-state index in [4.69, 9.17) is 9.84 Å². The maximum absolute atomic E-state index is 10.9. The molecule has 0 saturated carbocycles. The predicted octanol–water partition coefficient (Wildman–Crippen LogP) is 3.24. The summed E-state index contributed by atoms with van der Waals surface area (Å²) in [7, 11) is 0. The van der Waals surface area contributed by atoms with Gasteiger partial charge in [-0.2, -0.15) is 0 Å². The average Bonchev–Trinajstić information content (AvgIpc) is 2.30. The number of nitro groups is 1. The first-order valence-electron chi connectivity index (χ1n) is 5.55. The second-order valence-electron chi connectivity index (χ2n) is 4.63. The van der Waals surface area contributed by atoms with E-state index >= 15 is 0 Å². The highest BCUT2D eigenvalue weighted by molar-refractivity contribution is 9.10. The van der Waals surface area contributed by atoms with Gasteiger partial charge in [0.1, 0.15) is 0 Å². The molecule has 0 spiro atoms. The number of carboxylic acids is 1. The Morgan fingerprint density at radius 2 is 2.16 bits per heavy atom. The summed E-state index contributed by atoms with van der Waals surface area (Å²) in [6.07, 6.45) is 0.251. The summed E-state index contributed by atoms with van der Waals surface area (Å²) in [6, 6.07) is 4.50. The molecule has 0 unspecified atom stereocenters. The topological polar surface area (TPSA) is 89.7 Å². The quantitative estimate of drug-likeness (QED) is 0.638. The standard InChI is InChI=1S/C12H14BrNO5/c1-12(2,11(15)16)6-7-19-10-8(13)4-3-5-9(10)14(17)18/h3-5H,6-7H2,1-2H3,(H,15,16). The Labute approximate surface area is 118 Å². The predicted molar refractivity (Wildman–Crippen MR) is 72.3 cm³/mol. The van der Waals surface area contributed by atoms with Crippen LogP contribution in [0.25, 0.3) is 0 Å². The summed E-state index contributed by atoms with van der Waals surface area (Å²) in [4.78, 5) is 21.2. The van der Waals surface area contributed by atoms with E-state index < -0.39 is 16.3 Å². The number of ether oxygens (including phenoxy) is 1. The Morgan fingerprint density at radius 1 is 1.53 bits per heavy atom. The third kappa shape index (κ3) is 3.92. The molecule has 0 saturated heterocycles. The second kappa shape index (κ2) is 6.01. The van der Waals surface area contributed by atoms with Crippen LogP contribution in [0.5, 0.6) is 5.75 Å². The van der Waals surface area contributed by atoms with Crippen LogP contribution in [-0.4, -0.2) is 22.6 Å². The van der Waals surface area contributed by atoms with E-state index in [1.807, 2.05) is 0 Å². The largest absolute Gasteiger partial charge is 0.486 e. The number of hydrogen-bond acceptors (Lipinski definition) is 4. The van der Waals surface area contributed by atoms with E-state index in [1.165, 1.54) is 12.1 Å². The molecule has 0 bridgehead atoms. The van der Waals surface area contributed by atoms with Crippen molar-refractivity contribution < 1.29 is 19.6 Å². The number of carboxylic acid groups (broad SMARTS) is 1. The Hall–Kier alpha value is -1.63. The molecule has 1 aromatic rings. The van der Waals surface area contributed by atoms with E-state index in [0.717, 1.165) is 0 Å². The third-order valence-corrected chi connectivity index (χ3v) is 3.32. The highest BCUT2D eigenvalue weighted by Crippen LogP contribution is 2.35. The number of hydrogen-bond donors (Lipinski definition) is 1. The van der Waals surface area contributed by atoms with Crippen LogP contribution in [0.15, 0.2) is 22.7 Å². The minimum Gasteiger partial charge on any atom is -0.486 e. The molecule has 0 aliphatic heterocycles. The van der Waals surface area contributed by atoms with Crippen molar-refractivity contribution in [2.75, 3.05) is 6.61 Å². The summed E-state index contributed by atoms with van der Waals surface area (Å²) in [5.74, 6) is -0.814. The summed E-state index contributed by atoms with van der Waals surface area (Å²) in [5, 5.41) is 19.8. The lowest BCUT2D eigenvalue weighted by atomic mass is 9.90. The van der Waals surface area contributed by atoms with Crippen LogP contribution in [0.2, 0.25) is 0 Å². The fourth-order valence-electron chi connectivity index (χ4n) is 1.30. The molecule has 0 atom stereocenters. The monoisotopic (exact) mass is 331 g/mol. The first-order chi connectivity index (χ1) is 8.75. The van der Waals surface area contributed by atoms with Crippen LogP contribution in [0.3, 0.4) is 0 Å². The molecule has 104 valence electrons. The van der Waals surface area contributed by atoms with E-state index in [0.29, 0.717) is 4.47 Å². The molecule has 0 amide bonds. The summed E-state index contributed by atoms with van der Waals surface area (Å²) < 4.78 is 5.83. The van der Waals surface area contributed by atoms with E-state index in [1.54, 1.807) is 19.9 Å². The molecular formula is C12H14BrNO5. The van der Waals surface area contributed by atoms with Gasteiger partial charge in [-0.1, -0.05) is 6.07 Å². The highest BCUT2D eigenvalue weighted by Gasteiger charge is 2.27. The third-order valence-electron chi connectivity index (χ3n) is 2.70. The minimum atomic E-state index is -0.934. The highest BCUT2D eigenvalue weighted by atomic mass is 79.9. The molecule has 6 nitrogen and oxygen atoms in total. The molecule has 1 rings (SSSR count). The van der Waals surface area contributed by atoms with Crippen molar-refractivity contribution in [2.24, 2.45) is 5.41 Å². The fraction of sp³-hybridized carbons (Fsp3) is 0.417. The number of nitro benzene ring substituents is 1. The number of carbonyl (C=O) groups is 1. The van der Waals surface area contributed by atoms with Crippen molar-refractivity contribution in [1.82, 2.24) is 0 Å².